The third kappa shape index (κ3) is 5.10. The largest absolute Gasteiger partial charge is 0.408 e. The zero-order chi connectivity index (χ0) is 23.7. The van der Waals surface area contributed by atoms with Gasteiger partial charge in [0.15, 0.2) is 0 Å². The Morgan fingerprint density at radius 3 is 2.00 bits per heavy atom. The van der Waals surface area contributed by atoms with Crippen LogP contribution in [0.2, 0.25) is 0 Å². The standard InChI is InChI=1S/C24H25F4N3O/c1-22(2,25)14-19(21(30)32)31(23(15-29)12-13-23)20(24(26,27)28)18-10-8-17(9-11-18)16-6-4-3-5-7-16/h3-11,19-20H,12-14H2,1-2H3,(H2,30,32)/t19-,20-/m0/s1. The topological polar surface area (TPSA) is 70.1 Å². The Balaban J connectivity index is 2.10. The first-order chi connectivity index (χ1) is 14.9. The summed E-state index contributed by atoms with van der Waals surface area (Å²) in [7, 11) is 0. The summed E-state index contributed by atoms with van der Waals surface area (Å²) < 4.78 is 57.8. The number of alkyl halides is 4. The van der Waals surface area contributed by atoms with E-state index < -0.39 is 41.8 Å². The molecule has 8 heteroatoms. The van der Waals surface area contributed by atoms with E-state index in [1.165, 1.54) is 26.0 Å². The fraction of sp³-hybridized carbons (Fsp3) is 0.417. The molecular weight excluding hydrogens is 422 g/mol. The number of carbonyl (C=O) groups is 1. The Hall–Kier alpha value is -2.92. The van der Waals surface area contributed by atoms with Crippen LogP contribution in [0.3, 0.4) is 0 Å². The molecule has 2 N–H and O–H groups in total. The van der Waals surface area contributed by atoms with Gasteiger partial charge < -0.3 is 5.73 Å². The first kappa shape index (κ1) is 23.7. The Bertz CT molecular complexity index is 987. The van der Waals surface area contributed by atoms with E-state index in [9.17, 15) is 27.6 Å². The van der Waals surface area contributed by atoms with Crippen molar-refractivity contribution in [1.82, 2.24) is 4.90 Å². The SMILES string of the molecule is CC(C)(F)C[C@@H](C(N)=O)N([C@@H](c1ccc(-c2ccccc2)cc1)C(F)(F)F)C1(C#N)CC1. The highest BCUT2D eigenvalue weighted by atomic mass is 19.4. The van der Waals surface area contributed by atoms with Crippen LogP contribution in [0.25, 0.3) is 11.1 Å². The van der Waals surface area contributed by atoms with Gasteiger partial charge in [-0.05, 0) is 43.4 Å². The van der Waals surface area contributed by atoms with Gasteiger partial charge in [-0.25, -0.2) is 4.39 Å². The molecule has 0 unspecified atom stereocenters. The second kappa shape index (κ2) is 8.55. The Morgan fingerprint density at radius 1 is 1.06 bits per heavy atom. The van der Waals surface area contributed by atoms with Crippen LogP contribution >= 0.6 is 0 Å². The molecule has 0 saturated heterocycles. The van der Waals surface area contributed by atoms with Crippen molar-refractivity contribution in [2.45, 2.75) is 62.6 Å². The van der Waals surface area contributed by atoms with Gasteiger partial charge in [0.25, 0.3) is 0 Å². The van der Waals surface area contributed by atoms with Crippen LogP contribution in [-0.4, -0.2) is 34.2 Å². The number of halogens is 4. The smallest absolute Gasteiger partial charge is 0.368 e. The van der Waals surface area contributed by atoms with E-state index in [4.69, 9.17) is 5.73 Å². The molecule has 1 saturated carbocycles. The maximum Gasteiger partial charge on any atom is 0.408 e. The van der Waals surface area contributed by atoms with Gasteiger partial charge >= 0.3 is 6.18 Å². The lowest BCUT2D eigenvalue weighted by Gasteiger charge is -2.42. The minimum atomic E-state index is -4.82. The van der Waals surface area contributed by atoms with Gasteiger partial charge in [0.2, 0.25) is 5.91 Å². The van der Waals surface area contributed by atoms with E-state index in [0.717, 1.165) is 16.0 Å². The van der Waals surface area contributed by atoms with Gasteiger partial charge in [-0.1, -0.05) is 54.6 Å². The molecule has 0 radical (unpaired) electrons. The molecular formula is C24H25F4N3O. The number of hydrogen-bond acceptors (Lipinski definition) is 3. The summed E-state index contributed by atoms with van der Waals surface area (Å²) >= 11 is 0. The quantitative estimate of drug-likeness (QED) is 0.558. The van der Waals surface area contributed by atoms with Crippen LogP contribution in [0.5, 0.6) is 0 Å². The number of amides is 1. The summed E-state index contributed by atoms with van der Waals surface area (Å²) in [5, 5.41) is 9.71. The van der Waals surface area contributed by atoms with E-state index >= 15 is 0 Å². The molecule has 1 aliphatic carbocycles. The highest BCUT2D eigenvalue weighted by molar-refractivity contribution is 5.80. The second-order valence-electron chi connectivity index (χ2n) is 8.82. The summed E-state index contributed by atoms with van der Waals surface area (Å²) in [6.45, 7) is 2.34. The number of carbonyl (C=O) groups excluding carboxylic acids is 1. The van der Waals surface area contributed by atoms with Crippen LogP contribution in [0.15, 0.2) is 54.6 Å². The maximum absolute atomic E-state index is 14.5. The van der Waals surface area contributed by atoms with Crippen molar-refractivity contribution in [1.29, 1.82) is 5.26 Å². The van der Waals surface area contributed by atoms with E-state index in [-0.39, 0.29) is 18.4 Å². The molecule has 2 aromatic rings. The lowest BCUT2D eigenvalue weighted by Crippen LogP contribution is -2.57. The molecule has 0 spiro atoms. The van der Waals surface area contributed by atoms with Crippen molar-refractivity contribution in [3.63, 3.8) is 0 Å². The number of rotatable bonds is 8. The van der Waals surface area contributed by atoms with Gasteiger partial charge in [0.1, 0.15) is 17.2 Å². The van der Waals surface area contributed by atoms with Gasteiger partial charge in [-0.3, -0.25) is 9.69 Å². The molecule has 2 atom stereocenters. The zero-order valence-electron chi connectivity index (χ0n) is 17.9. The first-order valence-corrected chi connectivity index (χ1v) is 10.3. The van der Waals surface area contributed by atoms with Gasteiger partial charge in [0.05, 0.1) is 12.1 Å². The Kier molecular flexibility index (Phi) is 6.34. The zero-order valence-corrected chi connectivity index (χ0v) is 17.9. The molecule has 1 fully saturated rings. The Labute approximate surface area is 184 Å². The lowest BCUT2D eigenvalue weighted by atomic mass is 9.92. The number of hydrogen-bond donors (Lipinski definition) is 1. The van der Waals surface area contributed by atoms with Crippen molar-refractivity contribution in [2.75, 3.05) is 0 Å². The van der Waals surface area contributed by atoms with Gasteiger partial charge in [0, 0.05) is 6.42 Å². The summed E-state index contributed by atoms with van der Waals surface area (Å²) in [5.74, 6) is -1.09. The molecule has 1 amide bonds. The molecule has 0 aromatic heterocycles. The predicted octanol–water partition coefficient (Wildman–Crippen LogP) is 5.31. The monoisotopic (exact) mass is 447 g/mol. The Morgan fingerprint density at radius 2 is 1.59 bits per heavy atom. The lowest BCUT2D eigenvalue weighted by molar-refractivity contribution is -0.201. The summed E-state index contributed by atoms with van der Waals surface area (Å²) in [6, 6.07) is 13.0. The van der Waals surface area contributed by atoms with Crippen LogP contribution in [0, 0.1) is 11.3 Å². The van der Waals surface area contributed by atoms with E-state index in [1.54, 1.807) is 12.1 Å². The average molecular weight is 447 g/mol. The van der Waals surface area contributed by atoms with E-state index in [1.807, 2.05) is 36.4 Å². The third-order valence-electron chi connectivity index (χ3n) is 5.69. The minimum absolute atomic E-state index is 0.137. The summed E-state index contributed by atoms with van der Waals surface area (Å²) in [4.78, 5) is 13.0. The van der Waals surface area contributed by atoms with Crippen molar-refractivity contribution >= 4 is 5.91 Å². The minimum Gasteiger partial charge on any atom is -0.368 e. The van der Waals surface area contributed by atoms with E-state index in [2.05, 4.69) is 0 Å². The number of benzene rings is 2. The van der Waals surface area contributed by atoms with E-state index in [0.29, 0.717) is 0 Å². The van der Waals surface area contributed by atoms with Crippen molar-refractivity contribution in [3.05, 3.63) is 60.2 Å². The maximum atomic E-state index is 14.5. The molecule has 3 rings (SSSR count). The van der Waals surface area contributed by atoms with Crippen molar-refractivity contribution in [3.8, 4) is 17.2 Å². The molecule has 1 aliphatic rings. The molecule has 0 bridgehead atoms. The van der Waals surface area contributed by atoms with Crippen LogP contribution in [0.1, 0.15) is 44.7 Å². The van der Waals surface area contributed by atoms with Crippen molar-refractivity contribution in [2.24, 2.45) is 5.73 Å². The average Bonchev–Trinajstić information content (AvgIpc) is 3.50. The molecule has 0 heterocycles. The molecule has 4 nitrogen and oxygen atoms in total. The molecule has 2 aromatic carbocycles. The van der Waals surface area contributed by atoms with Crippen LogP contribution in [0.4, 0.5) is 17.6 Å². The van der Waals surface area contributed by atoms with Gasteiger partial charge in [-0.2, -0.15) is 18.4 Å². The number of primary amides is 1. The fourth-order valence-electron chi connectivity index (χ4n) is 4.06. The van der Waals surface area contributed by atoms with Crippen molar-refractivity contribution < 1.29 is 22.4 Å². The van der Waals surface area contributed by atoms with Crippen LogP contribution < -0.4 is 5.73 Å². The number of nitriles is 1. The third-order valence-corrected chi connectivity index (χ3v) is 5.69. The fourth-order valence-corrected chi connectivity index (χ4v) is 4.06. The predicted molar refractivity (Wildman–Crippen MR) is 113 cm³/mol. The summed E-state index contributed by atoms with van der Waals surface area (Å²) in [5.41, 5.74) is 3.39. The van der Waals surface area contributed by atoms with Crippen LogP contribution in [-0.2, 0) is 4.79 Å². The first-order valence-electron chi connectivity index (χ1n) is 10.3. The van der Waals surface area contributed by atoms with Gasteiger partial charge in [-0.15, -0.1) is 0 Å². The number of nitrogens with zero attached hydrogens (tertiary/aromatic N) is 2. The summed E-state index contributed by atoms with van der Waals surface area (Å²) in [6.07, 6.45) is -5.08. The molecule has 32 heavy (non-hydrogen) atoms. The highest BCUT2D eigenvalue weighted by Crippen LogP contribution is 2.52. The molecule has 0 aliphatic heterocycles. The molecule has 170 valence electrons. The number of nitrogens with two attached hydrogens (primary N) is 1. The highest BCUT2D eigenvalue weighted by Gasteiger charge is 2.61. The second-order valence-corrected chi connectivity index (χ2v) is 8.82. The normalized spacial score (nSPS) is 17.4.